The van der Waals surface area contributed by atoms with Crippen molar-refractivity contribution >= 4 is 15.9 Å². The first-order valence-electron chi connectivity index (χ1n) is 3.51. The number of hydrogen-bond donors (Lipinski definition) is 0. The molecule has 0 saturated carbocycles. The van der Waals surface area contributed by atoms with Crippen LogP contribution in [0.15, 0.2) is 45.8 Å². The fourth-order valence-electron chi connectivity index (χ4n) is 0.997. The highest BCUT2D eigenvalue weighted by atomic mass is 79.9. The zero-order valence-electron chi connectivity index (χ0n) is 6.20. The number of pyridine rings is 1. The Morgan fingerprint density at radius 1 is 1.33 bits per heavy atom. The highest BCUT2D eigenvalue weighted by molar-refractivity contribution is 9.10. The molecule has 3 heteroatoms. The predicted molar refractivity (Wildman–Crippen MR) is 49.6 cm³/mol. The molecule has 0 aliphatic rings. The highest BCUT2D eigenvalue weighted by Gasteiger charge is 2.03. The van der Waals surface area contributed by atoms with Crippen LogP contribution in [0.1, 0.15) is 0 Å². The van der Waals surface area contributed by atoms with Gasteiger partial charge in [0.2, 0.25) is 0 Å². The Balaban J connectivity index is 2.55. The largest absolute Gasteiger partial charge is 0.472 e. The number of furan rings is 1. The van der Waals surface area contributed by atoms with Crippen LogP contribution in [0.5, 0.6) is 0 Å². The molecule has 0 fully saturated rings. The van der Waals surface area contributed by atoms with Gasteiger partial charge in [-0.3, -0.25) is 4.98 Å². The van der Waals surface area contributed by atoms with Gasteiger partial charge in [-0.15, -0.1) is 0 Å². The first kappa shape index (κ1) is 7.55. The van der Waals surface area contributed by atoms with E-state index in [-0.39, 0.29) is 0 Å². The average molecular weight is 224 g/mol. The van der Waals surface area contributed by atoms with Gasteiger partial charge in [0.1, 0.15) is 0 Å². The molecule has 0 aromatic carbocycles. The summed E-state index contributed by atoms with van der Waals surface area (Å²) in [5, 5.41) is 0. The van der Waals surface area contributed by atoms with Crippen molar-refractivity contribution in [3.05, 3.63) is 41.4 Å². The van der Waals surface area contributed by atoms with Gasteiger partial charge >= 0.3 is 0 Å². The highest BCUT2D eigenvalue weighted by Crippen LogP contribution is 2.25. The molecule has 0 saturated heterocycles. The van der Waals surface area contributed by atoms with Crippen molar-refractivity contribution in [2.24, 2.45) is 0 Å². The van der Waals surface area contributed by atoms with E-state index in [0.29, 0.717) is 0 Å². The minimum absolute atomic E-state index is 0.909. The summed E-state index contributed by atoms with van der Waals surface area (Å²) in [6, 6.07) is 5.72. The molecular formula is C9H6BrNO. The molecule has 0 atom stereocenters. The Bertz CT molecular complexity index is 370. The van der Waals surface area contributed by atoms with E-state index in [1.807, 2.05) is 18.2 Å². The van der Waals surface area contributed by atoms with E-state index < -0.39 is 0 Å². The molecule has 0 aliphatic carbocycles. The molecule has 2 heterocycles. The molecule has 0 bridgehead atoms. The van der Waals surface area contributed by atoms with Gasteiger partial charge in [-0.1, -0.05) is 0 Å². The Labute approximate surface area is 78.4 Å². The molecule has 0 spiro atoms. The molecule has 0 aliphatic heterocycles. The third-order valence-electron chi connectivity index (χ3n) is 1.55. The standard InChI is InChI=1S/C9H6BrNO/c10-8-2-1-4-11-9(8)7-3-5-12-6-7/h1-6H. The number of halogens is 1. The van der Waals surface area contributed by atoms with Crippen LogP contribution < -0.4 is 0 Å². The summed E-state index contributed by atoms with van der Waals surface area (Å²) < 4.78 is 5.94. The van der Waals surface area contributed by atoms with Gasteiger partial charge in [0.25, 0.3) is 0 Å². The van der Waals surface area contributed by atoms with Crippen molar-refractivity contribution in [2.45, 2.75) is 0 Å². The second kappa shape index (κ2) is 3.11. The van der Waals surface area contributed by atoms with Crippen LogP contribution in [0.4, 0.5) is 0 Å². The zero-order chi connectivity index (χ0) is 8.39. The first-order valence-corrected chi connectivity index (χ1v) is 4.30. The monoisotopic (exact) mass is 223 g/mol. The summed E-state index contributed by atoms with van der Waals surface area (Å²) in [5.41, 5.74) is 1.90. The maximum Gasteiger partial charge on any atom is 0.0997 e. The van der Waals surface area contributed by atoms with Gasteiger partial charge in [0.15, 0.2) is 0 Å². The van der Waals surface area contributed by atoms with Crippen LogP contribution in [-0.2, 0) is 0 Å². The number of nitrogens with zero attached hydrogens (tertiary/aromatic N) is 1. The Kier molecular flexibility index (Phi) is 1.96. The molecule has 0 N–H and O–H groups in total. The molecule has 2 aromatic heterocycles. The maximum atomic E-state index is 4.96. The molecule has 0 amide bonds. The van der Waals surface area contributed by atoms with Crippen LogP contribution in [0, 0.1) is 0 Å². The van der Waals surface area contributed by atoms with Gasteiger partial charge in [-0.25, -0.2) is 0 Å². The molecule has 2 aromatic rings. The van der Waals surface area contributed by atoms with Crippen LogP contribution >= 0.6 is 15.9 Å². The third-order valence-corrected chi connectivity index (χ3v) is 2.19. The molecular weight excluding hydrogens is 218 g/mol. The number of aromatic nitrogens is 1. The number of hydrogen-bond acceptors (Lipinski definition) is 2. The smallest absolute Gasteiger partial charge is 0.0997 e. The Morgan fingerprint density at radius 3 is 2.92 bits per heavy atom. The minimum atomic E-state index is 0.909. The zero-order valence-corrected chi connectivity index (χ0v) is 7.78. The summed E-state index contributed by atoms with van der Waals surface area (Å²) in [6.45, 7) is 0. The van der Waals surface area contributed by atoms with Gasteiger partial charge in [-0.05, 0) is 34.1 Å². The second-order valence-corrected chi connectivity index (χ2v) is 3.20. The quantitative estimate of drug-likeness (QED) is 0.743. The molecule has 12 heavy (non-hydrogen) atoms. The van der Waals surface area contributed by atoms with E-state index in [4.69, 9.17) is 4.42 Å². The fourth-order valence-corrected chi connectivity index (χ4v) is 1.48. The lowest BCUT2D eigenvalue weighted by atomic mass is 10.2. The van der Waals surface area contributed by atoms with Crippen LogP contribution in [0.3, 0.4) is 0 Å². The van der Waals surface area contributed by atoms with E-state index in [2.05, 4.69) is 20.9 Å². The van der Waals surface area contributed by atoms with Crippen LogP contribution in [-0.4, -0.2) is 4.98 Å². The van der Waals surface area contributed by atoms with Gasteiger partial charge in [0.05, 0.1) is 18.2 Å². The van der Waals surface area contributed by atoms with Gasteiger partial charge < -0.3 is 4.42 Å². The second-order valence-electron chi connectivity index (χ2n) is 2.35. The summed E-state index contributed by atoms with van der Waals surface area (Å²) in [4.78, 5) is 4.21. The van der Waals surface area contributed by atoms with E-state index in [1.54, 1.807) is 18.7 Å². The van der Waals surface area contributed by atoms with Crippen LogP contribution in [0.25, 0.3) is 11.3 Å². The Morgan fingerprint density at radius 2 is 2.25 bits per heavy atom. The SMILES string of the molecule is Brc1cccnc1-c1ccoc1. The molecule has 0 radical (unpaired) electrons. The summed E-state index contributed by atoms with van der Waals surface area (Å²) in [7, 11) is 0. The lowest BCUT2D eigenvalue weighted by molar-refractivity contribution is 0.568. The van der Waals surface area contributed by atoms with Gasteiger partial charge in [-0.2, -0.15) is 0 Å². The van der Waals surface area contributed by atoms with E-state index in [1.165, 1.54) is 0 Å². The summed E-state index contributed by atoms with van der Waals surface area (Å²) in [5.74, 6) is 0. The third kappa shape index (κ3) is 1.28. The average Bonchev–Trinajstić information content (AvgIpc) is 2.57. The summed E-state index contributed by atoms with van der Waals surface area (Å²) >= 11 is 3.41. The van der Waals surface area contributed by atoms with Crippen molar-refractivity contribution in [3.8, 4) is 11.3 Å². The lowest BCUT2D eigenvalue weighted by Gasteiger charge is -1.97. The molecule has 0 unspecified atom stereocenters. The van der Waals surface area contributed by atoms with Crippen molar-refractivity contribution in [2.75, 3.05) is 0 Å². The van der Waals surface area contributed by atoms with E-state index in [9.17, 15) is 0 Å². The molecule has 2 nitrogen and oxygen atoms in total. The molecule has 2 rings (SSSR count). The minimum Gasteiger partial charge on any atom is -0.472 e. The fraction of sp³-hybridized carbons (Fsp3) is 0. The van der Waals surface area contributed by atoms with Crippen molar-refractivity contribution in [1.82, 2.24) is 4.98 Å². The van der Waals surface area contributed by atoms with Crippen molar-refractivity contribution in [1.29, 1.82) is 0 Å². The van der Waals surface area contributed by atoms with Crippen molar-refractivity contribution in [3.63, 3.8) is 0 Å². The topological polar surface area (TPSA) is 26.0 Å². The normalized spacial score (nSPS) is 10.1. The first-order chi connectivity index (χ1) is 5.88. The lowest BCUT2D eigenvalue weighted by Crippen LogP contribution is -1.80. The van der Waals surface area contributed by atoms with Gasteiger partial charge in [0, 0.05) is 16.2 Å². The summed E-state index contributed by atoms with van der Waals surface area (Å²) in [6.07, 6.45) is 5.07. The molecule has 60 valence electrons. The van der Waals surface area contributed by atoms with E-state index >= 15 is 0 Å². The maximum absolute atomic E-state index is 4.96. The van der Waals surface area contributed by atoms with Crippen molar-refractivity contribution < 1.29 is 4.42 Å². The number of rotatable bonds is 1. The predicted octanol–water partition coefficient (Wildman–Crippen LogP) is 3.10. The van der Waals surface area contributed by atoms with Crippen LogP contribution in [0.2, 0.25) is 0 Å². The van der Waals surface area contributed by atoms with E-state index in [0.717, 1.165) is 15.7 Å². The Hall–Kier alpha value is -1.09.